The Morgan fingerprint density at radius 3 is 2.40 bits per heavy atom. The van der Waals surface area contributed by atoms with E-state index in [-0.39, 0.29) is 17.8 Å². The van der Waals surface area contributed by atoms with Crippen LogP contribution in [0.15, 0.2) is 76.9 Å². The number of nitrogens with one attached hydrogen (secondary N) is 1. The van der Waals surface area contributed by atoms with Crippen LogP contribution in [-0.4, -0.2) is 18.2 Å². The Morgan fingerprint density at radius 2 is 1.76 bits per heavy atom. The molecule has 0 radical (unpaired) electrons. The molecule has 1 atom stereocenters. The Labute approximate surface area is 152 Å². The van der Waals surface area contributed by atoms with Crippen molar-refractivity contribution in [1.29, 1.82) is 0 Å². The molecule has 1 N–H and O–H groups in total. The van der Waals surface area contributed by atoms with Gasteiger partial charge in [0.2, 0.25) is 0 Å². The second-order valence-electron chi connectivity index (χ2n) is 5.66. The number of ether oxygens (including phenoxy) is 1. The molecule has 0 unspecified atom stereocenters. The van der Waals surface area contributed by atoms with E-state index in [2.05, 4.69) is 10.3 Å². The van der Waals surface area contributed by atoms with E-state index in [1.54, 1.807) is 7.05 Å². The number of hydrogen-bond acceptors (Lipinski definition) is 4. The maximum Gasteiger partial charge on any atom is 0.337 e. The zero-order chi connectivity index (χ0) is 17.6. The number of allylic oxidation sites excluding steroid dienone is 1. The van der Waals surface area contributed by atoms with Crippen molar-refractivity contribution >= 4 is 22.9 Å². The molecule has 4 nitrogen and oxygen atoms in total. The van der Waals surface area contributed by atoms with E-state index in [1.165, 1.54) is 11.8 Å². The molecule has 1 heterocycles. The summed E-state index contributed by atoms with van der Waals surface area (Å²) in [6, 6.07) is 19.7. The summed E-state index contributed by atoms with van der Waals surface area (Å²) in [6.45, 7) is 2.15. The monoisotopic (exact) mass is 352 g/mol. The Balaban J connectivity index is 1.85. The van der Waals surface area contributed by atoms with Gasteiger partial charge in [-0.25, -0.2) is 4.79 Å². The smallest absolute Gasteiger partial charge is 0.337 e. The number of thioether (sulfide) groups is 1. The van der Waals surface area contributed by atoms with Crippen LogP contribution < -0.4 is 5.32 Å². The topological polar surface area (TPSA) is 50.7 Å². The first-order valence-corrected chi connectivity index (χ1v) is 8.94. The Bertz CT molecular complexity index is 801. The van der Waals surface area contributed by atoms with Crippen LogP contribution in [0.3, 0.4) is 0 Å². The van der Waals surface area contributed by atoms with E-state index >= 15 is 0 Å². The number of nitrogens with zero attached hydrogens (tertiary/aromatic N) is 1. The van der Waals surface area contributed by atoms with Crippen LogP contribution >= 0.6 is 11.8 Å². The average Bonchev–Trinajstić information content (AvgIpc) is 2.67. The minimum Gasteiger partial charge on any atom is -0.457 e. The minimum absolute atomic E-state index is 0.135. The van der Waals surface area contributed by atoms with E-state index in [4.69, 9.17) is 4.74 Å². The molecule has 0 aliphatic carbocycles. The van der Waals surface area contributed by atoms with Crippen molar-refractivity contribution in [3.8, 4) is 0 Å². The quantitative estimate of drug-likeness (QED) is 0.843. The van der Waals surface area contributed by atoms with Crippen molar-refractivity contribution in [3.63, 3.8) is 0 Å². The summed E-state index contributed by atoms with van der Waals surface area (Å²) in [5.74, 6) is -0.301. The van der Waals surface area contributed by atoms with Crippen LogP contribution in [0.25, 0.3) is 0 Å². The highest BCUT2D eigenvalue weighted by Gasteiger charge is 2.32. The van der Waals surface area contributed by atoms with Gasteiger partial charge in [-0.2, -0.15) is 0 Å². The molecule has 0 amide bonds. The molecule has 0 spiro atoms. The summed E-state index contributed by atoms with van der Waals surface area (Å²) >= 11 is 1.53. The zero-order valence-electron chi connectivity index (χ0n) is 14.2. The van der Waals surface area contributed by atoms with Gasteiger partial charge < -0.3 is 10.1 Å². The maximum atomic E-state index is 12.8. The predicted molar refractivity (Wildman–Crippen MR) is 102 cm³/mol. The van der Waals surface area contributed by atoms with Gasteiger partial charge in [0.05, 0.1) is 10.8 Å². The lowest BCUT2D eigenvalue weighted by atomic mass is 10.0. The van der Waals surface area contributed by atoms with Crippen LogP contribution in [-0.2, 0) is 16.1 Å². The maximum absolute atomic E-state index is 12.8. The van der Waals surface area contributed by atoms with Gasteiger partial charge in [0.1, 0.15) is 6.61 Å². The van der Waals surface area contributed by atoms with E-state index in [9.17, 15) is 4.79 Å². The van der Waals surface area contributed by atoms with Crippen LogP contribution in [0.5, 0.6) is 0 Å². The molecule has 25 heavy (non-hydrogen) atoms. The fraction of sp³-hybridized carbons (Fsp3) is 0.200. The minimum atomic E-state index is -0.301. The highest BCUT2D eigenvalue weighted by molar-refractivity contribution is 8.14. The number of amidine groups is 1. The largest absolute Gasteiger partial charge is 0.457 e. The molecule has 2 aromatic carbocycles. The fourth-order valence-corrected chi connectivity index (χ4v) is 3.88. The number of carbonyl (C=O) groups excluding carboxylic acids is 1. The van der Waals surface area contributed by atoms with E-state index in [0.29, 0.717) is 5.57 Å². The van der Waals surface area contributed by atoms with Gasteiger partial charge in [-0.15, -0.1) is 0 Å². The summed E-state index contributed by atoms with van der Waals surface area (Å²) in [7, 11) is 1.74. The normalized spacial score (nSPS) is 18.8. The molecule has 5 heteroatoms. The molecule has 0 aromatic heterocycles. The Hall–Kier alpha value is -2.53. The molecular formula is C20H20N2O2S. The lowest BCUT2D eigenvalue weighted by Gasteiger charge is -2.27. The number of benzene rings is 2. The lowest BCUT2D eigenvalue weighted by Crippen LogP contribution is -2.30. The number of esters is 1. The van der Waals surface area contributed by atoms with E-state index in [1.807, 2.05) is 67.6 Å². The third kappa shape index (κ3) is 4.12. The standard InChI is InChI=1S/C20H20N2O2S/c1-14-17(19(23)24-13-15-9-5-3-6-10-15)18(25-20(21-2)22-14)16-11-7-4-8-12-16/h3-12,18H,13H2,1-2H3,(H,21,22)/t18-/m1/s1. The Kier molecular flexibility index (Phi) is 5.56. The summed E-state index contributed by atoms with van der Waals surface area (Å²) in [5, 5.41) is 3.85. The van der Waals surface area contributed by atoms with Crippen molar-refractivity contribution in [3.05, 3.63) is 83.1 Å². The summed E-state index contributed by atoms with van der Waals surface area (Å²) in [4.78, 5) is 17.0. The van der Waals surface area contributed by atoms with E-state index in [0.717, 1.165) is 22.0 Å². The van der Waals surface area contributed by atoms with Crippen molar-refractivity contribution in [2.75, 3.05) is 7.05 Å². The first-order chi connectivity index (χ1) is 12.2. The molecule has 128 valence electrons. The predicted octanol–water partition coefficient (Wildman–Crippen LogP) is 4.07. The van der Waals surface area contributed by atoms with Crippen LogP contribution in [0, 0.1) is 0 Å². The van der Waals surface area contributed by atoms with Gasteiger partial charge in [0, 0.05) is 12.7 Å². The van der Waals surface area contributed by atoms with Crippen molar-refractivity contribution in [2.45, 2.75) is 18.8 Å². The molecular weight excluding hydrogens is 332 g/mol. The molecule has 3 rings (SSSR count). The first-order valence-electron chi connectivity index (χ1n) is 8.06. The van der Waals surface area contributed by atoms with Crippen molar-refractivity contribution in [2.24, 2.45) is 4.99 Å². The van der Waals surface area contributed by atoms with Crippen molar-refractivity contribution in [1.82, 2.24) is 5.32 Å². The van der Waals surface area contributed by atoms with Gasteiger partial charge in [0.15, 0.2) is 5.17 Å². The third-order valence-corrected chi connectivity index (χ3v) is 5.18. The number of rotatable bonds is 4. The van der Waals surface area contributed by atoms with Gasteiger partial charge in [0.25, 0.3) is 0 Å². The lowest BCUT2D eigenvalue weighted by molar-refractivity contribution is -0.140. The third-order valence-electron chi connectivity index (χ3n) is 3.93. The summed E-state index contributed by atoms with van der Waals surface area (Å²) in [6.07, 6.45) is 0. The highest BCUT2D eigenvalue weighted by Crippen LogP contribution is 2.40. The molecule has 1 aliphatic rings. The summed E-state index contributed by atoms with van der Waals surface area (Å²) < 4.78 is 5.57. The van der Waals surface area contributed by atoms with E-state index < -0.39 is 0 Å². The number of aliphatic imine (C=N–C) groups is 1. The van der Waals surface area contributed by atoms with Gasteiger partial charge in [-0.1, -0.05) is 72.4 Å². The summed E-state index contributed by atoms with van der Waals surface area (Å²) in [5.41, 5.74) is 3.45. The second kappa shape index (κ2) is 8.03. The van der Waals surface area contributed by atoms with Gasteiger partial charge in [-0.05, 0) is 18.1 Å². The molecule has 0 saturated heterocycles. The average molecular weight is 352 g/mol. The molecule has 1 aliphatic heterocycles. The SMILES string of the molecule is CN=C1NC(C)=C(C(=O)OCc2ccccc2)[C@@H](c2ccccc2)S1. The zero-order valence-corrected chi connectivity index (χ0v) is 15.0. The molecule has 2 aromatic rings. The Morgan fingerprint density at radius 1 is 1.12 bits per heavy atom. The van der Waals surface area contributed by atoms with Gasteiger partial charge in [-0.3, -0.25) is 4.99 Å². The highest BCUT2D eigenvalue weighted by atomic mass is 32.2. The van der Waals surface area contributed by atoms with Gasteiger partial charge >= 0.3 is 5.97 Å². The van der Waals surface area contributed by atoms with Crippen LogP contribution in [0.2, 0.25) is 0 Å². The van der Waals surface area contributed by atoms with Crippen LogP contribution in [0.4, 0.5) is 0 Å². The molecule has 0 bridgehead atoms. The molecule has 0 fully saturated rings. The number of hydrogen-bond donors (Lipinski definition) is 1. The number of carbonyl (C=O) groups is 1. The molecule has 0 saturated carbocycles. The first kappa shape index (κ1) is 17.3. The second-order valence-corrected chi connectivity index (χ2v) is 6.76. The fourth-order valence-electron chi connectivity index (χ4n) is 2.66. The van der Waals surface area contributed by atoms with Crippen LogP contribution in [0.1, 0.15) is 23.3 Å². The van der Waals surface area contributed by atoms with Crippen molar-refractivity contribution < 1.29 is 9.53 Å².